The van der Waals surface area contributed by atoms with E-state index in [0.29, 0.717) is 17.9 Å². The van der Waals surface area contributed by atoms with Crippen LogP contribution >= 0.6 is 35.3 Å². The number of hydrogen-bond donors (Lipinski definition) is 2. The van der Waals surface area contributed by atoms with Gasteiger partial charge in [0.25, 0.3) is 0 Å². The molecule has 1 aliphatic rings. The molecule has 3 N–H and O–H groups in total. The number of thiophene rings is 1. The average Bonchev–Trinajstić information content (AvgIpc) is 3.12. The van der Waals surface area contributed by atoms with Crippen LogP contribution in [0.2, 0.25) is 0 Å². The minimum atomic E-state index is 0. The van der Waals surface area contributed by atoms with Crippen LogP contribution in [0.15, 0.2) is 22.5 Å². The van der Waals surface area contributed by atoms with Gasteiger partial charge >= 0.3 is 0 Å². The van der Waals surface area contributed by atoms with E-state index >= 15 is 0 Å². The highest BCUT2D eigenvalue weighted by Crippen LogP contribution is 2.20. The van der Waals surface area contributed by atoms with Gasteiger partial charge in [-0.05, 0) is 37.4 Å². The standard InChI is InChI=1S/C15H26N4S.HI/c1-3-19-8-4-6-13(19)11-18-15(16)17-10-12(2)14-7-5-9-20-14;/h5,7,9,12-13H,3-4,6,8,10-11H2,1-2H3,(H3,16,17,18);1H. The van der Waals surface area contributed by atoms with E-state index in [1.54, 1.807) is 11.3 Å². The van der Waals surface area contributed by atoms with E-state index in [1.807, 2.05) is 0 Å². The van der Waals surface area contributed by atoms with Crippen molar-refractivity contribution in [3.05, 3.63) is 22.4 Å². The second-order valence-electron chi connectivity index (χ2n) is 5.45. The molecule has 4 nitrogen and oxygen atoms in total. The largest absolute Gasteiger partial charge is 0.370 e. The predicted octanol–water partition coefficient (Wildman–Crippen LogP) is 2.86. The molecule has 1 fully saturated rings. The summed E-state index contributed by atoms with van der Waals surface area (Å²) in [6.45, 7) is 8.42. The third-order valence-corrected chi connectivity index (χ3v) is 5.09. The highest BCUT2D eigenvalue weighted by atomic mass is 127. The van der Waals surface area contributed by atoms with Gasteiger partial charge in [-0.25, -0.2) is 0 Å². The Bertz CT molecular complexity index is 421. The Morgan fingerprint density at radius 2 is 2.43 bits per heavy atom. The van der Waals surface area contributed by atoms with Gasteiger partial charge in [0.1, 0.15) is 0 Å². The van der Waals surface area contributed by atoms with Crippen molar-refractivity contribution in [1.29, 1.82) is 0 Å². The molecule has 2 unspecified atom stereocenters. The van der Waals surface area contributed by atoms with Crippen molar-refractivity contribution < 1.29 is 0 Å². The first-order valence-electron chi connectivity index (χ1n) is 7.52. The number of hydrogen-bond acceptors (Lipinski definition) is 3. The molecule has 120 valence electrons. The second kappa shape index (κ2) is 9.63. The summed E-state index contributed by atoms with van der Waals surface area (Å²) in [6, 6.07) is 4.86. The highest BCUT2D eigenvalue weighted by molar-refractivity contribution is 14.0. The molecule has 1 aromatic rings. The fourth-order valence-electron chi connectivity index (χ4n) is 2.72. The molecular formula is C15H27IN4S. The van der Waals surface area contributed by atoms with Gasteiger partial charge in [0, 0.05) is 23.4 Å². The smallest absolute Gasteiger partial charge is 0.188 e. The van der Waals surface area contributed by atoms with Crippen LogP contribution in [0.4, 0.5) is 0 Å². The van der Waals surface area contributed by atoms with Crippen molar-refractivity contribution in [3.8, 4) is 0 Å². The fraction of sp³-hybridized carbons (Fsp3) is 0.667. The fourth-order valence-corrected chi connectivity index (χ4v) is 3.50. The molecular weight excluding hydrogens is 395 g/mol. The zero-order valence-corrected chi connectivity index (χ0v) is 16.1. The number of nitrogens with two attached hydrogens (primary N) is 1. The predicted molar refractivity (Wildman–Crippen MR) is 103 cm³/mol. The Kier molecular flexibility index (Phi) is 8.58. The summed E-state index contributed by atoms with van der Waals surface area (Å²) in [4.78, 5) is 8.34. The molecule has 1 aliphatic heterocycles. The van der Waals surface area contributed by atoms with E-state index in [4.69, 9.17) is 5.73 Å². The van der Waals surface area contributed by atoms with Gasteiger partial charge < -0.3 is 11.1 Å². The first-order valence-corrected chi connectivity index (χ1v) is 8.40. The molecule has 0 amide bonds. The molecule has 1 saturated heterocycles. The summed E-state index contributed by atoms with van der Waals surface area (Å²) in [5.74, 6) is 1.02. The van der Waals surface area contributed by atoms with Crippen LogP contribution < -0.4 is 11.1 Å². The SMILES string of the molecule is CCN1CCCC1CNC(N)=NCC(C)c1cccs1.I. The molecule has 2 atom stereocenters. The zero-order chi connectivity index (χ0) is 14.4. The maximum atomic E-state index is 5.96. The van der Waals surface area contributed by atoms with Gasteiger partial charge in [0.15, 0.2) is 5.96 Å². The number of guanidine groups is 1. The van der Waals surface area contributed by atoms with Crippen LogP contribution in [-0.2, 0) is 0 Å². The molecule has 0 bridgehead atoms. The minimum absolute atomic E-state index is 0. The third kappa shape index (κ3) is 5.75. The van der Waals surface area contributed by atoms with Crippen LogP contribution in [0.3, 0.4) is 0 Å². The van der Waals surface area contributed by atoms with Gasteiger partial charge in [0.2, 0.25) is 0 Å². The number of rotatable bonds is 6. The second-order valence-corrected chi connectivity index (χ2v) is 6.43. The summed E-state index contributed by atoms with van der Waals surface area (Å²) in [7, 11) is 0. The Morgan fingerprint density at radius 1 is 1.62 bits per heavy atom. The Hall–Kier alpha value is -0.340. The zero-order valence-electron chi connectivity index (χ0n) is 12.9. The number of aliphatic imine (C=N–C) groups is 1. The van der Waals surface area contributed by atoms with Gasteiger partial charge in [-0.2, -0.15) is 0 Å². The monoisotopic (exact) mass is 422 g/mol. The number of likely N-dealkylation sites (tertiary alicyclic amines) is 1. The van der Waals surface area contributed by atoms with E-state index < -0.39 is 0 Å². The molecule has 2 rings (SSSR count). The number of likely N-dealkylation sites (N-methyl/N-ethyl adjacent to an activating group) is 1. The Balaban J connectivity index is 0.00000220. The summed E-state index contributed by atoms with van der Waals surface area (Å²) in [5, 5.41) is 5.39. The maximum absolute atomic E-state index is 5.96. The van der Waals surface area contributed by atoms with E-state index in [2.05, 4.69) is 46.6 Å². The highest BCUT2D eigenvalue weighted by Gasteiger charge is 2.22. The Labute approximate surface area is 149 Å². The first kappa shape index (κ1) is 18.7. The summed E-state index contributed by atoms with van der Waals surface area (Å²) in [6.07, 6.45) is 2.56. The normalized spacial score (nSPS) is 21.0. The van der Waals surface area contributed by atoms with Crippen LogP contribution in [0.5, 0.6) is 0 Å². The van der Waals surface area contributed by atoms with Crippen LogP contribution in [0.1, 0.15) is 37.5 Å². The van der Waals surface area contributed by atoms with E-state index in [9.17, 15) is 0 Å². The number of nitrogens with one attached hydrogen (secondary N) is 1. The summed E-state index contributed by atoms with van der Waals surface area (Å²) < 4.78 is 0. The topological polar surface area (TPSA) is 53.6 Å². The molecule has 0 saturated carbocycles. The lowest BCUT2D eigenvalue weighted by Crippen LogP contribution is -2.42. The average molecular weight is 422 g/mol. The van der Waals surface area contributed by atoms with Gasteiger partial charge in [0.05, 0.1) is 6.54 Å². The molecule has 0 aromatic carbocycles. The van der Waals surface area contributed by atoms with Crippen molar-refractivity contribution >= 4 is 41.3 Å². The maximum Gasteiger partial charge on any atom is 0.188 e. The lowest BCUT2D eigenvalue weighted by molar-refractivity contribution is 0.267. The lowest BCUT2D eigenvalue weighted by atomic mass is 10.1. The van der Waals surface area contributed by atoms with Crippen LogP contribution in [0.25, 0.3) is 0 Å². The van der Waals surface area contributed by atoms with Crippen molar-refractivity contribution in [2.75, 3.05) is 26.2 Å². The van der Waals surface area contributed by atoms with E-state index in [-0.39, 0.29) is 24.0 Å². The first-order chi connectivity index (χ1) is 9.70. The van der Waals surface area contributed by atoms with Crippen molar-refractivity contribution in [2.24, 2.45) is 10.7 Å². The molecule has 2 heterocycles. The van der Waals surface area contributed by atoms with Crippen molar-refractivity contribution in [2.45, 2.75) is 38.6 Å². The van der Waals surface area contributed by atoms with Gasteiger partial charge in [-0.3, -0.25) is 9.89 Å². The molecule has 0 radical (unpaired) electrons. The lowest BCUT2D eigenvalue weighted by Gasteiger charge is -2.23. The molecule has 1 aromatic heterocycles. The minimum Gasteiger partial charge on any atom is -0.370 e. The quantitative estimate of drug-likeness (QED) is 0.421. The molecule has 0 spiro atoms. The summed E-state index contributed by atoms with van der Waals surface area (Å²) >= 11 is 1.78. The molecule has 0 aliphatic carbocycles. The summed E-state index contributed by atoms with van der Waals surface area (Å²) in [5.41, 5.74) is 5.96. The van der Waals surface area contributed by atoms with Crippen molar-refractivity contribution in [1.82, 2.24) is 10.2 Å². The van der Waals surface area contributed by atoms with Gasteiger partial charge in [-0.1, -0.05) is 19.9 Å². The number of nitrogens with zero attached hydrogens (tertiary/aromatic N) is 2. The van der Waals surface area contributed by atoms with Crippen molar-refractivity contribution in [3.63, 3.8) is 0 Å². The van der Waals surface area contributed by atoms with Crippen LogP contribution in [-0.4, -0.2) is 43.1 Å². The van der Waals surface area contributed by atoms with E-state index in [1.165, 1.54) is 24.3 Å². The van der Waals surface area contributed by atoms with Crippen LogP contribution in [0, 0.1) is 0 Å². The molecule has 21 heavy (non-hydrogen) atoms. The molecule has 6 heteroatoms. The number of halogens is 1. The van der Waals surface area contributed by atoms with E-state index in [0.717, 1.165) is 19.6 Å². The third-order valence-electron chi connectivity index (χ3n) is 3.99. The van der Waals surface area contributed by atoms with Gasteiger partial charge in [-0.15, -0.1) is 35.3 Å². The Morgan fingerprint density at radius 3 is 3.10 bits per heavy atom.